The van der Waals surface area contributed by atoms with E-state index in [9.17, 15) is 4.79 Å². The van der Waals surface area contributed by atoms with E-state index < -0.39 is 0 Å². The van der Waals surface area contributed by atoms with Gasteiger partial charge in [-0.25, -0.2) is 0 Å². The number of hydrogen-bond donors (Lipinski definition) is 0. The zero-order valence-corrected chi connectivity index (χ0v) is 18.1. The van der Waals surface area contributed by atoms with E-state index in [1.165, 1.54) is 10.4 Å². The van der Waals surface area contributed by atoms with Gasteiger partial charge in [0.05, 0.1) is 0 Å². The minimum absolute atomic E-state index is 0.137. The predicted molar refractivity (Wildman–Crippen MR) is 117 cm³/mol. The first-order chi connectivity index (χ1) is 14.2. The van der Waals surface area contributed by atoms with Crippen LogP contribution >= 0.6 is 11.3 Å². The molecule has 0 spiro atoms. The van der Waals surface area contributed by atoms with Gasteiger partial charge < -0.3 is 9.64 Å². The molecule has 1 unspecified atom stereocenters. The minimum Gasteiger partial charge on any atom is -0.489 e. The highest BCUT2D eigenvalue weighted by Gasteiger charge is 2.23. The molecule has 0 aliphatic carbocycles. The molecule has 156 valence electrons. The van der Waals surface area contributed by atoms with Crippen molar-refractivity contribution in [3.63, 3.8) is 0 Å². The Hall–Kier alpha value is -1.89. The van der Waals surface area contributed by atoms with Crippen molar-refractivity contribution in [3.05, 3.63) is 52.2 Å². The summed E-state index contributed by atoms with van der Waals surface area (Å²) in [5, 5.41) is 2.14. The van der Waals surface area contributed by atoms with E-state index in [0.717, 1.165) is 64.5 Å². The Kier molecular flexibility index (Phi) is 6.85. The van der Waals surface area contributed by atoms with Gasteiger partial charge in [0.2, 0.25) is 5.91 Å². The summed E-state index contributed by atoms with van der Waals surface area (Å²) in [6.45, 7) is 9.35. The summed E-state index contributed by atoms with van der Waals surface area (Å²) in [6, 6.07) is 12.6. The smallest absolute Gasteiger partial charge is 0.223 e. The maximum absolute atomic E-state index is 12.9. The van der Waals surface area contributed by atoms with Gasteiger partial charge in [-0.1, -0.05) is 24.3 Å². The van der Waals surface area contributed by atoms with Gasteiger partial charge in [0.15, 0.2) is 0 Å². The summed E-state index contributed by atoms with van der Waals surface area (Å²) < 4.78 is 6.04. The Morgan fingerprint density at radius 3 is 2.86 bits per heavy atom. The highest BCUT2D eigenvalue weighted by Crippen LogP contribution is 2.24. The van der Waals surface area contributed by atoms with Crippen molar-refractivity contribution in [3.8, 4) is 5.75 Å². The quantitative estimate of drug-likeness (QED) is 0.752. The third-order valence-corrected chi connectivity index (χ3v) is 6.61. The van der Waals surface area contributed by atoms with Gasteiger partial charge >= 0.3 is 0 Å². The van der Waals surface area contributed by atoms with Crippen molar-refractivity contribution in [2.24, 2.45) is 0 Å². The predicted octanol–water partition coefficient (Wildman–Crippen LogP) is 3.46. The molecule has 1 aromatic heterocycles. The average molecular weight is 414 g/mol. The Balaban J connectivity index is 1.27. The molecule has 1 aromatic carbocycles. The highest BCUT2D eigenvalue weighted by molar-refractivity contribution is 7.09. The maximum Gasteiger partial charge on any atom is 0.223 e. The van der Waals surface area contributed by atoms with E-state index in [0.29, 0.717) is 6.42 Å². The van der Waals surface area contributed by atoms with Gasteiger partial charge in [-0.3, -0.25) is 14.6 Å². The van der Waals surface area contributed by atoms with Gasteiger partial charge in [0.1, 0.15) is 11.9 Å². The van der Waals surface area contributed by atoms with Crippen LogP contribution in [-0.2, 0) is 17.9 Å². The second-order valence-electron chi connectivity index (χ2n) is 8.11. The Bertz CT molecular complexity index is 795. The standard InChI is InChI=1S/C23H31N3O2S/c1-19-16-25(17-20-6-2-3-8-22(20)28-19)12-9-23(27)26-11-5-10-24(13-14-26)18-21-7-4-15-29-21/h2-4,6-8,15,19H,5,9-14,16-18H2,1H3. The number of ether oxygens (including phenoxy) is 1. The topological polar surface area (TPSA) is 36.0 Å². The average Bonchev–Trinajstić information content (AvgIpc) is 3.02. The molecule has 3 heterocycles. The van der Waals surface area contributed by atoms with E-state index in [1.807, 2.05) is 23.5 Å². The van der Waals surface area contributed by atoms with Crippen molar-refractivity contribution < 1.29 is 9.53 Å². The number of benzene rings is 1. The van der Waals surface area contributed by atoms with Crippen molar-refractivity contribution >= 4 is 17.2 Å². The van der Waals surface area contributed by atoms with Crippen LogP contribution in [0.5, 0.6) is 5.75 Å². The molecule has 2 aromatic rings. The molecule has 1 amide bonds. The van der Waals surface area contributed by atoms with Gasteiger partial charge in [-0.05, 0) is 30.9 Å². The fourth-order valence-corrected chi connectivity index (χ4v) is 5.00. The summed E-state index contributed by atoms with van der Waals surface area (Å²) in [5.41, 5.74) is 1.21. The summed E-state index contributed by atoms with van der Waals surface area (Å²) in [4.78, 5) is 21.2. The number of hydrogen-bond acceptors (Lipinski definition) is 5. The van der Waals surface area contributed by atoms with E-state index in [-0.39, 0.29) is 12.0 Å². The number of amides is 1. The molecule has 2 aliphatic rings. The van der Waals surface area contributed by atoms with Crippen LogP contribution in [0.4, 0.5) is 0 Å². The molecule has 1 fully saturated rings. The number of para-hydroxylation sites is 1. The minimum atomic E-state index is 0.137. The molecular formula is C23H31N3O2S. The van der Waals surface area contributed by atoms with Crippen LogP contribution in [0.25, 0.3) is 0 Å². The molecule has 2 aliphatic heterocycles. The number of nitrogens with zero attached hydrogens (tertiary/aromatic N) is 3. The number of fused-ring (bicyclic) bond motifs is 1. The molecule has 1 atom stereocenters. The van der Waals surface area contributed by atoms with E-state index >= 15 is 0 Å². The third-order valence-electron chi connectivity index (χ3n) is 5.75. The lowest BCUT2D eigenvalue weighted by Gasteiger charge is -2.25. The van der Waals surface area contributed by atoms with Crippen LogP contribution in [-0.4, -0.2) is 66.0 Å². The van der Waals surface area contributed by atoms with Gasteiger partial charge in [-0.2, -0.15) is 0 Å². The molecule has 0 saturated carbocycles. The molecule has 0 bridgehead atoms. The van der Waals surface area contributed by atoms with Gasteiger partial charge in [0.25, 0.3) is 0 Å². The second-order valence-corrected chi connectivity index (χ2v) is 9.14. The molecule has 4 rings (SSSR count). The van der Waals surface area contributed by atoms with Crippen LogP contribution in [0.1, 0.15) is 30.2 Å². The molecule has 5 nitrogen and oxygen atoms in total. The fraction of sp³-hybridized carbons (Fsp3) is 0.522. The van der Waals surface area contributed by atoms with Gasteiger partial charge in [-0.15, -0.1) is 11.3 Å². The lowest BCUT2D eigenvalue weighted by Crippen LogP contribution is -2.38. The van der Waals surface area contributed by atoms with Crippen LogP contribution in [0.3, 0.4) is 0 Å². The second kappa shape index (κ2) is 9.74. The van der Waals surface area contributed by atoms with Crippen LogP contribution in [0.2, 0.25) is 0 Å². The molecular weight excluding hydrogens is 382 g/mol. The number of carbonyl (C=O) groups excluding carboxylic acids is 1. The lowest BCUT2D eigenvalue weighted by atomic mass is 10.2. The van der Waals surface area contributed by atoms with Crippen LogP contribution in [0, 0.1) is 0 Å². The van der Waals surface area contributed by atoms with Crippen LogP contribution in [0.15, 0.2) is 41.8 Å². The summed E-state index contributed by atoms with van der Waals surface area (Å²) in [6.07, 6.45) is 1.77. The zero-order valence-electron chi connectivity index (χ0n) is 17.3. The first-order valence-corrected chi connectivity index (χ1v) is 11.5. The SMILES string of the molecule is CC1CN(CCC(=O)N2CCCN(Cc3cccs3)CC2)Cc2ccccc2O1. The summed E-state index contributed by atoms with van der Waals surface area (Å²) >= 11 is 1.81. The Morgan fingerprint density at radius 1 is 1.10 bits per heavy atom. The van der Waals surface area contributed by atoms with E-state index in [2.05, 4.69) is 51.3 Å². The molecule has 1 saturated heterocycles. The van der Waals surface area contributed by atoms with Crippen molar-refractivity contribution in [2.75, 3.05) is 39.3 Å². The Morgan fingerprint density at radius 2 is 2.00 bits per heavy atom. The van der Waals surface area contributed by atoms with E-state index in [1.54, 1.807) is 0 Å². The first-order valence-electron chi connectivity index (χ1n) is 10.7. The van der Waals surface area contributed by atoms with Crippen molar-refractivity contribution in [2.45, 2.75) is 39.0 Å². The monoisotopic (exact) mass is 413 g/mol. The first kappa shape index (κ1) is 20.4. The number of rotatable bonds is 5. The summed E-state index contributed by atoms with van der Waals surface area (Å²) in [7, 11) is 0. The summed E-state index contributed by atoms with van der Waals surface area (Å²) in [5.74, 6) is 1.27. The van der Waals surface area contributed by atoms with Crippen molar-refractivity contribution in [1.29, 1.82) is 0 Å². The molecule has 0 radical (unpaired) electrons. The number of thiophene rings is 1. The normalized spacial score (nSPS) is 21.1. The fourth-order valence-electron chi connectivity index (χ4n) is 4.26. The van der Waals surface area contributed by atoms with E-state index in [4.69, 9.17) is 4.74 Å². The maximum atomic E-state index is 12.9. The lowest BCUT2D eigenvalue weighted by molar-refractivity contribution is -0.131. The largest absolute Gasteiger partial charge is 0.489 e. The number of carbonyl (C=O) groups is 1. The van der Waals surface area contributed by atoms with Crippen LogP contribution < -0.4 is 4.74 Å². The molecule has 6 heteroatoms. The van der Waals surface area contributed by atoms with Crippen molar-refractivity contribution in [1.82, 2.24) is 14.7 Å². The molecule has 29 heavy (non-hydrogen) atoms. The highest BCUT2D eigenvalue weighted by atomic mass is 32.1. The van der Waals surface area contributed by atoms with Gasteiger partial charge in [0, 0.05) is 69.2 Å². The third kappa shape index (κ3) is 5.59. The molecule has 0 N–H and O–H groups in total. The Labute approximate surface area is 177 Å². The zero-order chi connectivity index (χ0) is 20.1.